The maximum absolute atomic E-state index is 5.93. The minimum absolute atomic E-state index is 0.484. The highest BCUT2D eigenvalue weighted by Gasteiger charge is 2.26. The van der Waals surface area contributed by atoms with Crippen LogP contribution in [0.5, 0.6) is 0 Å². The zero-order valence-corrected chi connectivity index (χ0v) is 13.1. The minimum atomic E-state index is 0.484. The van der Waals surface area contributed by atoms with E-state index in [1.54, 1.807) is 0 Å². The van der Waals surface area contributed by atoms with Crippen LogP contribution in [0.2, 0.25) is 0 Å². The van der Waals surface area contributed by atoms with Crippen LogP contribution >= 0.6 is 0 Å². The van der Waals surface area contributed by atoms with Crippen LogP contribution in [0.1, 0.15) is 29.6 Å². The Morgan fingerprint density at radius 3 is 2.86 bits per heavy atom. The minimum Gasteiger partial charge on any atom is -0.460 e. The third-order valence-corrected chi connectivity index (χ3v) is 4.49. The maximum atomic E-state index is 5.93. The van der Waals surface area contributed by atoms with Crippen LogP contribution in [-0.4, -0.2) is 27.8 Å². The van der Waals surface area contributed by atoms with Gasteiger partial charge in [0.05, 0.1) is 18.3 Å². The Bertz CT molecular complexity index is 769. The Morgan fingerprint density at radius 2 is 2.09 bits per heavy atom. The molecule has 1 atom stereocenters. The third-order valence-electron chi connectivity index (χ3n) is 4.49. The molecule has 1 fully saturated rings. The number of fused-ring (bicyclic) bond motifs is 1. The van der Waals surface area contributed by atoms with Crippen molar-refractivity contribution in [2.45, 2.75) is 32.9 Å². The first-order valence-corrected chi connectivity index (χ1v) is 7.91. The summed E-state index contributed by atoms with van der Waals surface area (Å²) in [6.45, 7) is 7.22. The normalized spacial score (nSPS) is 19.3. The number of para-hydroxylation sites is 1. The van der Waals surface area contributed by atoms with Crippen LogP contribution in [0, 0.1) is 13.8 Å². The number of rotatable bonds is 3. The van der Waals surface area contributed by atoms with Crippen LogP contribution in [0.15, 0.2) is 40.8 Å². The molecule has 0 bridgehead atoms. The van der Waals surface area contributed by atoms with E-state index in [0.717, 1.165) is 43.1 Å². The highest BCUT2D eigenvalue weighted by Crippen LogP contribution is 2.26. The summed E-state index contributed by atoms with van der Waals surface area (Å²) in [4.78, 5) is 2.46. The van der Waals surface area contributed by atoms with Crippen molar-refractivity contribution in [3.63, 3.8) is 0 Å². The van der Waals surface area contributed by atoms with Crippen molar-refractivity contribution in [2.24, 2.45) is 0 Å². The quantitative estimate of drug-likeness (QED) is 0.739. The lowest BCUT2D eigenvalue weighted by atomic mass is 10.2. The zero-order chi connectivity index (χ0) is 15.1. The Hall–Kier alpha value is -2.07. The summed E-state index contributed by atoms with van der Waals surface area (Å²) >= 11 is 0. The number of aromatic nitrogens is 2. The second-order valence-corrected chi connectivity index (χ2v) is 6.30. The Kier molecular flexibility index (Phi) is 3.26. The van der Waals surface area contributed by atoms with Gasteiger partial charge in [-0.05, 0) is 38.5 Å². The highest BCUT2D eigenvalue weighted by molar-refractivity contribution is 5.77. The second-order valence-electron chi connectivity index (χ2n) is 6.30. The number of likely N-dealkylation sites (tertiary alicyclic amines) is 1. The molecular weight excluding hydrogens is 274 g/mol. The summed E-state index contributed by atoms with van der Waals surface area (Å²) in [5, 5.41) is 5.82. The molecule has 3 aromatic rings. The van der Waals surface area contributed by atoms with E-state index in [1.807, 2.05) is 12.1 Å². The van der Waals surface area contributed by atoms with Crippen molar-refractivity contribution < 1.29 is 4.42 Å². The molecule has 1 saturated heterocycles. The molecule has 3 heterocycles. The van der Waals surface area contributed by atoms with E-state index in [4.69, 9.17) is 4.42 Å². The van der Waals surface area contributed by atoms with Crippen LogP contribution in [0.25, 0.3) is 11.0 Å². The first-order chi connectivity index (χ1) is 10.7. The summed E-state index contributed by atoms with van der Waals surface area (Å²) in [6, 6.07) is 13.0. The SMILES string of the molecule is Cc1cc(C)n(C2CCN(Cc3cc4ccccc4o3)C2)n1. The largest absolute Gasteiger partial charge is 0.460 e. The molecule has 4 rings (SSSR count). The zero-order valence-electron chi connectivity index (χ0n) is 13.1. The van der Waals surface area contributed by atoms with Crippen molar-refractivity contribution in [1.29, 1.82) is 0 Å². The van der Waals surface area contributed by atoms with Gasteiger partial charge in [-0.2, -0.15) is 5.10 Å². The van der Waals surface area contributed by atoms with Crippen molar-refractivity contribution >= 4 is 11.0 Å². The summed E-state index contributed by atoms with van der Waals surface area (Å²) in [7, 11) is 0. The van der Waals surface area contributed by atoms with Crippen LogP contribution in [0.3, 0.4) is 0 Å². The fourth-order valence-corrected chi connectivity index (χ4v) is 3.51. The van der Waals surface area contributed by atoms with Gasteiger partial charge in [0.2, 0.25) is 0 Å². The molecule has 0 radical (unpaired) electrons. The average molecular weight is 295 g/mol. The predicted molar refractivity (Wildman–Crippen MR) is 86.8 cm³/mol. The Morgan fingerprint density at radius 1 is 1.23 bits per heavy atom. The van der Waals surface area contributed by atoms with Crippen molar-refractivity contribution in [1.82, 2.24) is 14.7 Å². The highest BCUT2D eigenvalue weighted by atomic mass is 16.3. The van der Waals surface area contributed by atoms with Crippen molar-refractivity contribution in [3.05, 3.63) is 53.5 Å². The van der Waals surface area contributed by atoms with Crippen LogP contribution < -0.4 is 0 Å². The third kappa shape index (κ3) is 2.44. The molecule has 0 N–H and O–H groups in total. The van der Waals surface area contributed by atoms with Gasteiger partial charge in [0.15, 0.2) is 0 Å². The molecule has 1 aliphatic rings. The summed E-state index contributed by atoms with van der Waals surface area (Å²) in [5.41, 5.74) is 3.34. The van der Waals surface area contributed by atoms with Gasteiger partial charge < -0.3 is 4.42 Å². The Labute approximate surface area is 130 Å². The fourth-order valence-electron chi connectivity index (χ4n) is 3.51. The van der Waals surface area contributed by atoms with Crippen LogP contribution in [0.4, 0.5) is 0 Å². The smallest absolute Gasteiger partial charge is 0.134 e. The molecule has 22 heavy (non-hydrogen) atoms. The molecule has 4 heteroatoms. The molecule has 0 amide bonds. The van der Waals surface area contributed by atoms with Gasteiger partial charge in [0, 0.05) is 24.2 Å². The predicted octanol–water partition coefficient (Wildman–Crippen LogP) is 3.69. The molecule has 2 aromatic heterocycles. The number of aryl methyl sites for hydroxylation is 2. The monoisotopic (exact) mass is 295 g/mol. The Balaban J connectivity index is 1.47. The summed E-state index contributed by atoms with van der Waals surface area (Å²) in [6.07, 6.45) is 1.15. The lowest BCUT2D eigenvalue weighted by Crippen LogP contribution is -2.21. The first kappa shape index (κ1) is 13.6. The number of hydrogen-bond donors (Lipinski definition) is 0. The van der Waals surface area contributed by atoms with E-state index in [2.05, 4.69) is 52.8 Å². The number of furan rings is 1. The summed E-state index contributed by atoms with van der Waals surface area (Å²) < 4.78 is 8.12. The van der Waals surface area contributed by atoms with Gasteiger partial charge in [-0.15, -0.1) is 0 Å². The van der Waals surface area contributed by atoms with Gasteiger partial charge in [0.25, 0.3) is 0 Å². The molecule has 114 valence electrons. The van der Waals surface area contributed by atoms with E-state index >= 15 is 0 Å². The molecule has 4 nitrogen and oxygen atoms in total. The molecular formula is C18H21N3O. The maximum Gasteiger partial charge on any atom is 0.134 e. The van der Waals surface area contributed by atoms with E-state index in [0.29, 0.717) is 6.04 Å². The molecule has 1 aliphatic heterocycles. The van der Waals surface area contributed by atoms with Gasteiger partial charge in [0.1, 0.15) is 11.3 Å². The van der Waals surface area contributed by atoms with Crippen LogP contribution in [-0.2, 0) is 6.54 Å². The van der Waals surface area contributed by atoms with Gasteiger partial charge in [-0.3, -0.25) is 9.58 Å². The molecule has 0 aliphatic carbocycles. The molecule has 1 aromatic carbocycles. The first-order valence-electron chi connectivity index (χ1n) is 7.91. The molecule has 0 saturated carbocycles. The lowest BCUT2D eigenvalue weighted by Gasteiger charge is -2.15. The summed E-state index contributed by atoms with van der Waals surface area (Å²) in [5.74, 6) is 1.05. The lowest BCUT2D eigenvalue weighted by molar-refractivity contribution is 0.286. The fraction of sp³-hybridized carbons (Fsp3) is 0.389. The van der Waals surface area contributed by atoms with E-state index in [9.17, 15) is 0 Å². The standard InChI is InChI=1S/C18H21N3O/c1-13-9-14(2)21(19-13)16-7-8-20(11-16)12-17-10-15-5-3-4-6-18(15)22-17/h3-6,9-10,16H,7-8,11-12H2,1-2H3. The number of nitrogens with zero attached hydrogens (tertiary/aromatic N) is 3. The van der Waals surface area contributed by atoms with Crippen molar-refractivity contribution in [3.8, 4) is 0 Å². The van der Waals surface area contributed by atoms with Gasteiger partial charge >= 0.3 is 0 Å². The van der Waals surface area contributed by atoms with E-state index in [-0.39, 0.29) is 0 Å². The van der Waals surface area contributed by atoms with Gasteiger partial charge in [-0.25, -0.2) is 0 Å². The second kappa shape index (κ2) is 5.29. The number of hydrogen-bond acceptors (Lipinski definition) is 3. The topological polar surface area (TPSA) is 34.2 Å². The molecule has 1 unspecified atom stereocenters. The average Bonchev–Trinajstić information content (AvgIpc) is 3.17. The number of benzene rings is 1. The van der Waals surface area contributed by atoms with Crippen molar-refractivity contribution in [2.75, 3.05) is 13.1 Å². The van der Waals surface area contributed by atoms with E-state index < -0.39 is 0 Å². The van der Waals surface area contributed by atoms with Gasteiger partial charge in [-0.1, -0.05) is 18.2 Å². The van der Waals surface area contributed by atoms with E-state index in [1.165, 1.54) is 11.1 Å². The molecule has 0 spiro atoms.